The van der Waals surface area contributed by atoms with Crippen LogP contribution < -0.4 is 20.1 Å². The van der Waals surface area contributed by atoms with E-state index in [1.165, 1.54) is 19.8 Å². The Bertz CT molecular complexity index is 1090. The molecule has 3 aromatic carbocycles. The summed E-state index contributed by atoms with van der Waals surface area (Å²) in [6.07, 6.45) is 0.966. The lowest BCUT2D eigenvalue weighted by molar-refractivity contribution is -0.116. The van der Waals surface area contributed by atoms with Crippen LogP contribution in [0.25, 0.3) is 0 Å². The Kier molecular flexibility index (Phi) is 8.08. The largest absolute Gasteiger partial charge is 0.494 e. The van der Waals surface area contributed by atoms with Gasteiger partial charge in [0.15, 0.2) is 0 Å². The van der Waals surface area contributed by atoms with E-state index in [1.807, 2.05) is 6.07 Å². The lowest BCUT2D eigenvalue weighted by Crippen LogP contribution is -2.15. The van der Waals surface area contributed by atoms with Crippen LogP contribution in [0, 0.1) is 0 Å². The van der Waals surface area contributed by atoms with Crippen molar-refractivity contribution in [3.05, 3.63) is 83.4 Å². The molecule has 0 aliphatic heterocycles. The predicted octanol–water partition coefficient (Wildman–Crippen LogP) is 5.65. The molecule has 0 spiro atoms. The minimum Gasteiger partial charge on any atom is -0.494 e. The van der Waals surface area contributed by atoms with Crippen LogP contribution >= 0.6 is 0 Å². The molecular weight excluding hydrogens is 416 g/mol. The Labute approximate surface area is 194 Å². The van der Waals surface area contributed by atoms with Crippen molar-refractivity contribution in [1.29, 1.82) is 0 Å². The maximum atomic E-state index is 12.6. The van der Waals surface area contributed by atoms with Crippen molar-refractivity contribution >= 4 is 23.2 Å². The van der Waals surface area contributed by atoms with E-state index in [9.17, 15) is 9.59 Å². The number of carbonyl (C=O) groups excluding carboxylic acids is 2. The third-order valence-corrected chi connectivity index (χ3v) is 5.37. The molecular formula is C27H30N2O4. The Hall–Kier alpha value is -3.80. The fraction of sp³-hybridized carbons (Fsp3) is 0.259. The van der Waals surface area contributed by atoms with Gasteiger partial charge >= 0.3 is 0 Å². The van der Waals surface area contributed by atoms with Crippen LogP contribution in [0.15, 0.2) is 66.7 Å². The highest BCUT2D eigenvalue weighted by Gasteiger charge is 2.16. The predicted molar refractivity (Wildman–Crippen MR) is 131 cm³/mol. The number of hydrogen-bond acceptors (Lipinski definition) is 4. The minimum absolute atomic E-state index is 0.135. The number of hydrogen-bond donors (Lipinski definition) is 2. The maximum Gasteiger partial charge on any atom is 0.255 e. The summed E-state index contributed by atoms with van der Waals surface area (Å²) in [6.45, 7) is 4.31. The second-order valence-corrected chi connectivity index (χ2v) is 8.02. The number of benzene rings is 3. The zero-order chi connectivity index (χ0) is 23.8. The van der Waals surface area contributed by atoms with Crippen molar-refractivity contribution in [3.63, 3.8) is 0 Å². The third kappa shape index (κ3) is 6.35. The summed E-state index contributed by atoms with van der Waals surface area (Å²) >= 11 is 0. The number of carbonyl (C=O) groups is 2. The van der Waals surface area contributed by atoms with Gasteiger partial charge in [0.25, 0.3) is 5.91 Å². The van der Waals surface area contributed by atoms with Crippen molar-refractivity contribution in [1.82, 2.24) is 0 Å². The molecule has 6 nitrogen and oxygen atoms in total. The summed E-state index contributed by atoms with van der Waals surface area (Å²) in [4.78, 5) is 25.1. The average molecular weight is 447 g/mol. The van der Waals surface area contributed by atoms with E-state index >= 15 is 0 Å². The number of amides is 2. The summed E-state index contributed by atoms with van der Waals surface area (Å²) < 4.78 is 10.9. The molecule has 0 radical (unpaired) electrons. The Morgan fingerprint density at radius 2 is 1.39 bits per heavy atom. The van der Waals surface area contributed by atoms with Gasteiger partial charge in [-0.3, -0.25) is 9.59 Å². The first-order chi connectivity index (χ1) is 15.9. The van der Waals surface area contributed by atoms with Gasteiger partial charge in [-0.25, -0.2) is 0 Å². The SMILES string of the molecule is COc1cc(NC(=O)c2ccccc2)c(OC)cc1NC(=O)CCc1ccc(C(C)C)cc1. The smallest absolute Gasteiger partial charge is 0.255 e. The summed E-state index contributed by atoms with van der Waals surface area (Å²) in [5, 5.41) is 5.73. The zero-order valence-electron chi connectivity index (χ0n) is 19.5. The molecule has 0 saturated carbocycles. The topological polar surface area (TPSA) is 76.7 Å². The molecule has 2 amide bonds. The normalized spacial score (nSPS) is 10.6. The highest BCUT2D eigenvalue weighted by molar-refractivity contribution is 6.05. The van der Waals surface area contributed by atoms with Crippen LogP contribution in [0.5, 0.6) is 11.5 Å². The maximum absolute atomic E-state index is 12.6. The summed E-state index contributed by atoms with van der Waals surface area (Å²) in [7, 11) is 3.02. The highest BCUT2D eigenvalue weighted by atomic mass is 16.5. The zero-order valence-corrected chi connectivity index (χ0v) is 19.5. The van der Waals surface area contributed by atoms with E-state index in [2.05, 4.69) is 48.7 Å². The van der Waals surface area contributed by atoms with Crippen LogP contribution in [0.3, 0.4) is 0 Å². The molecule has 0 heterocycles. The first-order valence-electron chi connectivity index (χ1n) is 10.9. The van der Waals surface area contributed by atoms with E-state index in [0.717, 1.165) is 5.56 Å². The number of methoxy groups -OCH3 is 2. The molecule has 0 aliphatic carbocycles. The summed E-state index contributed by atoms with van der Waals surface area (Å²) in [5.74, 6) is 0.916. The molecule has 172 valence electrons. The fourth-order valence-corrected chi connectivity index (χ4v) is 3.42. The quantitative estimate of drug-likeness (QED) is 0.445. The van der Waals surface area contributed by atoms with Gasteiger partial charge in [-0.2, -0.15) is 0 Å². The monoisotopic (exact) mass is 446 g/mol. The van der Waals surface area contributed by atoms with E-state index in [-0.39, 0.29) is 11.8 Å². The first kappa shape index (κ1) is 23.9. The molecule has 0 aromatic heterocycles. The van der Waals surface area contributed by atoms with Crippen LogP contribution in [-0.2, 0) is 11.2 Å². The first-order valence-corrected chi connectivity index (χ1v) is 10.9. The van der Waals surface area contributed by atoms with Gasteiger partial charge in [0.2, 0.25) is 5.91 Å². The van der Waals surface area contributed by atoms with Crippen molar-refractivity contribution in [2.24, 2.45) is 0 Å². The summed E-state index contributed by atoms with van der Waals surface area (Å²) in [6, 6.07) is 20.5. The van der Waals surface area contributed by atoms with Gasteiger partial charge in [0, 0.05) is 24.1 Å². The van der Waals surface area contributed by atoms with Crippen molar-refractivity contribution in [2.45, 2.75) is 32.6 Å². The number of rotatable bonds is 9. The Balaban J connectivity index is 1.69. The molecule has 2 N–H and O–H groups in total. The molecule has 33 heavy (non-hydrogen) atoms. The van der Waals surface area contributed by atoms with Crippen LogP contribution in [0.1, 0.15) is 47.7 Å². The standard InChI is InChI=1S/C27H30N2O4/c1-18(2)20-13-10-19(11-14-20)12-15-26(30)28-22-16-25(33-4)23(17-24(22)32-3)29-27(31)21-8-6-5-7-9-21/h5-11,13-14,16-18H,12,15H2,1-4H3,(H,28,30)(H,29,31). The summed E-state index contributed by atoms with van der Waals surface area (Å²) in [5.41, 5.74) is 3.84. The molecule has 0 unspecified atom stereocenters. The van der Waals surface area contributed by atoms with E-state index < -0.39 is 0 Å². The van der Waals surface area contributed by atoms with Gasteiger partial charge in [-0.05, 0) is 35.6 Å². The molecule has 0 saturated heterocycles. The number of anilines is 2. The van der Waals surface area contributed by atoms with Gasteiger partial charge in [0.1, 0.15) is 11.5 Å². The van der Waals surface area contributed by atoms with Gasteiger partial charge in [-0.1, -0.05) is 56.3 Å². The van der Waals surface area contributed by atoms with Crippen LogP contribution in [0.2, 0.25) is 0 Å². The molecule has 3 rings (SSSR count). The average Bonchev–Trinajstić information content (AvgIpc) is 2.84. The number of aryl methyl sites for hydroxylation is 1. The second kappa shape index (κ2) is 11.2. The Morgan fingerprint density at radius 3 is 1.94 bits per heavy atom. The van der Waals surface area contributed by atoms with E-state index in [0.29, 0.717) is 47.2 Å². The molecule has 6 heteroatoms. The molecule has 0 aliphatic rings. The van der Waals surface area contributed by atoms with Gasteiger partial charge in [0.05, 0.1) is 25.6 Å². The van der Waals surface area contributed by atoms with Crippen LogP contribution in [-0.4, -0.2) is 26.0 Å². The van der Waals surface area contributed by atoms with E-state index in [1.54, 1.807) is 36.4 Å². The third-order valence-electron chi connectivity index (χ3n) is 5.37. The molecule has 3 aromatic rings. The van der Waals surface area contributed by atoms with Gasteiger partial charge in [-0.15, -0.1) is 0 Å². The lowest BCUT2D eigenvalue weighted by Gasteiger charge is -2.16. The van der Waals surface area contributed by atoms with E-state index in [4.69, 9.17) is 9.47 Å². The molecule has 0 fully saturated rings. The lowest BCUT2D eigenvalue weighted by atomic mass is 10.0. The number of nitrogens with one attached hydrogen (secondary N) is 2. The highest BCUT2D eigenvalue weighted by Crippen LogP contribution is 2.36. The minimum atomic E-state index is -0.267. The Morgan fingerprint density at radius 1 is 0.818 bits per heavy atom. The number of ether oxygens (including phenoxy) is 2. The fourth-order valence-electron chi connectivity index (χ4n) is 3.42. The molecule has 0 atom stereocenters. The van der Waals surface area contributed by atoms with Crippen molar-refractivity contribution in [3.8, 4) is 11.5 Å². The molecule has 0 bridgehead atoms. The van der Waals surface area contributed by atoms with Gasteiger partial charge < -0.3 is 20.1 Å². The van der Waals surface area contributed by atoms with Crippen molar-refractivity contribution < 1.29 is 19.1 Å². The second-order valence-electron chi connectivity index (χ2n) is 8.02. The van der Waals surface area contributed by atoms with Crippen LogP contribution in [0.4, 0.5) is 11.4 Å². The van der Waals surface area contributed by atoms with Crippen molar-refractivity contribution in [2.75, 3.05) is 24.9 Å².